The van der Waals surface area contributed by atoms with Gasteiger partial charge in [-0.15, -0.1) is 0 Å². The molecule has 0 aromatic heterocycles. The molecule has 0 saturated heterocycles. The van der Waals surface area contributed by atoms with E-state index >= 15 is 0 Å². The van der Waals surface area contributed by atoms with E-state index in [4.69, 9.17) is 5.11 Å². The molecule has 0 radical (unpaired) electrons. The second-order valence-corrected chi connectivity index (χ2v) is 3.98. The normalized spacial score (nSPS) is 13.7. The number of aliphatic hydroxyl groups is 1. The molecule has 6 nitrogen and oxygen atoms in total. The van der Waals surface area contributed by atoms with E-state index in [0.29, 0.717) is 5.56 Å². The molecule has 1 rings (SSSR count). The molecule has 0 spiro atoms. The predicted octanol–water partition coefficient (Wildman–Crippen LogP) is 0.264. The van der Waals surface area contributed by atoms with Crippen LogP contribution in [0.15, 0.2) is 18.2 Å². The van der Waals surface area contributed by atoms with E-state index in [1.807, 2.05) is 0 Å². The summed E-state index contributed by atoms with van der Waals surface area (Å²) < 4.78 is 0. The molecule has 2 unspecified atom stereocenters. The summed E-state index contributed by atoms with van der Waals surface area (Å²) in [6, 6.07) is 2.98. The highest BCUT2D eigenvalue weighted by Gasteiger charge is 2.26. The van der Waals surface area contributed by atoms with Crippen molar-refractivity contribution in [3.05, 3.63) is 29.3 Å². The number of benzene rings is 1. The van der Waals surface area contributed by atoms with Crippen LogP contribution in [0.25, 0.3) is 0 Å². The first kappa shape index (κ1) is 14.0. The molecule has 1 aromatic rings. The highest BCUT2D eigenvalue weighted by Crippen LogP contribution is 2.19. The van der Waals surface area contributed by atoms with Crippen LogP contribution >= 0.6 is 0 Å². The van der Waals surface area contributed by atoms with E-state index in [1.165, 1.54) is 25.1 Å². The van der Waals surface area contributed by atoms with Gasteiger partial charge in [0, 0.05) is 11.1 Å². The Morgan fingerprint density at radius 3 is 2.44 bits per heavy atom. The summed E-state index contributed by atoms with van der Waals surface area (Å²) in [5.41, 5.74) is 0.520. The Morgan fingerprint density at radius 1 is 1.33 bits per heavy atom. The van der Waals surface area contributed by atoms with Crippen LogP contribution in [0.3, 0.4) is 0 Å². The Kier molecular flexibility index (Phi) is 4.28. The summed E-state index contributed by atoms with van der Waals surface area (Å²) in [6.45, 7) is 2.82. The summed E-state index contributed by atoms with van der Waals surface area (Å²) in [5.74, 6) is -2.03. The monoisotopic (exact) mass is 253 g/mol. The quantitative estimate of drug-likeness (QED) is 0.616. The number of phenols is 1. The van der Waals surface area contributed by atoms with E-state index in [9.17, 15) is 19.8 Å². The lowest BCUT2D eigenvalue weighted by molar-refractivity contribution is -0.141. The molecular formula is C12H15NO5. The second kappa shape index (κ2) is 5.50. The molecule has 0 aliphatic rings. The molecule has 4 N–H and O–H groups in total. The van der Waals surface area contributed by atoms with Gasteiger partial charge in [-0.05, 0) is 26.0 Å². The fraction of sp³-hybridized carbons (Fsp3) is 0.333. The van der Waals surface area contributed by atoms with Gasteiger partial charge in [0.15, 0.2) is 6.04 Å². The average Bonchev–Trinajstić information content (AvgIpc) is 2.28. The van der Waals surface area contributed by atoms with Gasteiger partial charge in [0.25, 0.3) is 5.91 Å². The minimum absolute atomic E-state index is 0.0495. The number of carbonyl (C=O) groups excluding carboxylic acids is 1. The Labute approximate surface area is 104 Å². The van der Waals surface area contributed by atoms with Crippen molar-refractivity contribution in [1.82, 2.24) is 5.32 Å². The zero-order chi connectivity index (χ0) is 13.9. The van der Waals surface area contributed by atoms with Gasteiger partial charge in [-0.2, -0.15) is 0 Å². The fourth-order valence-corrected chi connectivity index (χ4v) is 1.48. The lowest BCUT2D eigenvalue weighted by Crippen LogP contribution is -2.47. The standard InChI is InChI=1S/C12H15NO5/c1-6-8(4-3-5-9(6)15)11(16)13-10(7(2)14)12(17)18/h3-5,7,10,14-15H,1-2H3,(H,13,16)(H,17,18). The van der Waals surface area contributed by atoms with Crippen LogP contribution in [0.2, 0.25) is 0 Å². The van der Waals surface area contributed by atoms with E-state index in [1.54, 1.807) is 6.92 Å². The van der Waals surface area contributed by atoms with Gasteiger partial charge in [0.2, 0.25) is 0 Å². The number of hydrogen-bond donors (Lipinski definition) is 4. The molecule has 0 aliphatic heterocycles. The highest BCUT2D eigenvalue weighted by atomic mass is 16.4. The lowest BCUT2D eigenvalue weighted by atomic mass is 10.1. The van der Waals surface area contributed by atoms with Crippen molar-refractivity contribution in [2.24, 2.45) is 0 Å². The summed E-state index contributed by atoms with van der Waals surface area (Å²) >= 11 is 0. The maximum Gasteiger partial charge on any atom is 0.328 e. The third-order valence-corrected chi connectivity index (χ3v) is 2.58. The van der Waals surface area contributed by atoms with Crippen LogP contribution in [0.5, 0.6) is 5.75 Å². The molecule has 0 heterocycles. The van der Waals surface area contributed by atoms with Crippen LogP contribution in [0.4, 0.5) is 0 Å². The maximum absolute atomic E-state index is 11.8. The van der Waals surface area contributed by atoms with Crippen molar-refractivity contribution in [3.63, 3.8) is 0 Å². The molecule has 0 fully saturated rings. The third-order valence-electron chi connectivity index (χ3n) is 2.58. The van der Waals surface area contributed by atoms with Crippen molar-refractivity contribution in [2.45, 2.75) is 26.0 Å². The number of hydrogen-bond acceptors (Lipinski definition) is 4. The number of nitrogens with one attached hydrogen (secondary N) is 1. The highest BCUT2D eigenvalue weighted by molar-refractivity contribution is 5.98. The largest absolute Gasteiger partial charge is 0.508 e. The van der Waals surface area contributed by atoms with Gasteiger partial charge < -0.3 is 20.6 Å². The molecule has 0 saturated carbocycles. The number of carboxylic acids is 1. The zero-order valence-electron chi connectivity index (χ0n) is 10.0. The molecule has 6 heteroatoms. The minimum Gasteiger partial charge on any atom is -0.508 e. The number of phenolic OH excluding ortho intramolecular Hbond substituents is 1. The lowest BCUT2D eigenvalue weighted by Gasteiger charge is -2.17. The van der Waals surface area contributed by atoms with Gasteiger partial charge in [0.1, 0.15) is 5.75 Å². The smallest absolute Gasteiger partial charge is 0.328 e. The summed E-state index contributed by atoms with van der Waals surface area (Å²) in [6.07, 6.45) is -1.22. The molecule has 1 aromatic carbocycles. The fourth-order valence-electron chi connectivity index (χ4n) is 1.48. The van der Waals surface area contributed by atoms with Crippen LogP contribution in [-0.2, 0) is 4.79 Å². The SMILES string of the molecule is Cc1c(O)cccc1C(=O)NC(C(=O)O)C(C)O. The summed E-state index contributed by atoms with van der Waals surface area (Å²) in [5, 5.41) is 29.8. The Bertz CT molecular complexity index is 470. The molecule has 0 aliphatic carbocycles. The summed E-state index contributed by atoms with van der Waals surface area (Å²) in [4.78, 5) is 22.7. The van der Waals surface area contributed by atoms with E-state index in [2.05, 4.69) is 5.32 Å². The average molecular weight is 253 g/mol. The minimum atomic E-state index is -1.39. The first-order valence-corrected chi connectivity index (χ1v) is 5.35. The molecule has 2 atom stereocenters. The van der Waals surface area contributed by atoms with Crippen LogP contribution in [0, 0.1) is 6.92 Å². The van der Waals surface area contributed by atoms with Gasteiger partial charge in [-0.1, -0.05) is 6.07 Å². The van der Waals surface area contributed by atoms with Gasteiger partial charge >= 0.3 is 5.97 Å². The Morgan fingerprint density at radius 2 is 1.94 bits per heavy atom. The Hall–Kier alpha value is -2.08. The van der Waals surface area contributed by atoms with Crippen molar-refractivity contribution in [2.75, 3.05) is 0 Å². The predicted molar refractivity (Wildman–Crippen MR) is 63.4 cm³/mol. The van der Waals surface area contributed by atoms with Gasteiger partial charge in [-0.3, -0.25) is 4.79 Å². The van der Waals surface area contributed by atoms with E-state index in [-0.39, 0.29) is 11.3 Å². The van der Waals surface area contributed by atoms with Crippen molar-refractivity contribution in [1.29, 1.82) is 0 Å². The van der Waals surface area contributed by atoms with E-state index in [0.717, 1.165) is 0 Å². The number of carbonyl (C=O) groups is 2. The third kappa shape index (κ3) is 2.98. The van der Waals surface area contributed by atoms with Crippen molar-refractivity contribution in [3.8, 4) is 5.75 Å². The first-order chi connectivity index (χ1) is 8.34. The number of aromatic hydroxyl groups is 1. The molecule has 0 bridgehead atoms. The molecule has 18 heavy (non-hydrogen) atoms. The van der Waals surface area contributed by atoms with Crippen molar-refractivity contribution >= 4 is 11.9 Å². The van der Waals surface area contributed by atoms with Crippen LogP contribution < -0.4 is 5.32 Å². The molecule has 1 amide bonds. The van der Waals surface area contributed by atoms with E-state index < -0.39 is 24.0 Å². The second-order valence-electron chi connectivity index (χ2n) is 3.98. The number of aliphatic hydroxyl groups excluding tert-OH is 1. The number of rotatable bonds is 4. The molecular weight excluding hydrogens is 238 g/mol. The van der Waals surface area contributed by atoms with Gasteiger partial charge in [-0.25, -0.2) is 4.79 Å². The number of aliphatic carboxylic acids is 1. The maximum atomic E-state index is 11.8. The van der Waals surface area contributed by atoms with Crippen molar-refractivity contribution < 1.29 is 24.9 Å². The first-order valence-electron chi connectivity index (χ1n) is 5.35. The number of carboxylic acid groups (broad SMARTS) is 1. The topological polar surface area (TPSA) is 107 Å². The molecule has 98 valence electrons. The van der Waals surface area contributed by atoms with Crippen LogP contribution in [-0.4, -0.2) is 39.3 Å². The Balaban J connectivity index is 2.94. The zero-order valence-corrected chi connectivity index (χ0v) is 10.0. The number of amides is 1. The van der Waals surface area contributed by atoms with Crippen LogP contribution in [0.1, 0.15) is 22.8 Å². The summed E-state index contributed by atoms with van der Waals surface area (Å²) in [7, 11) is 0. The van der Waals surface area contributed by atoms with Gasteiger partial charge in [0.05, 0.1) is 6.10 Å².